The summed E-state index contributed by atoms with van der Waals surface area (Å²) in [5.74, 6) is 2.55. The number of benzene rings is 2. The molecule has 6 heterocycles. The van der Waals surface area contributed by atoms with Crippen LogP contribution in [0.5, 0.6) is 0 Å². The summed E-state index contributed by atoms with van der Waals surface area (Å²) in [5.41, 5.74) is 2.70. The zero-order chi connectivity index (χ0) is 42.8. The molecule has 312 valence electrons. The Morgan fingerprint density at radius 1 is 0.721 bits per heavy atom. The number of aryl methyl sites for hydroxylation is 2. The normalized spacial score (nSPS) is 18.0. The summed E-state index contributed by atoms with van der Waals surface area (Å²) in [6.07, 6.45) is 8.68. The molecule has 0 saturated heterocycles. The van der Waals surface area contributed by atoms with Crippen LogP contribution in [-0.4, -0.2) is 70.5 Å². The SMILES string of the molecule is Cn1cnc2nc[nH]c(=O)c21.Cn1cnc2ncn(Cc3nc(C4CC(C(=O)c5cccc(Cl)c5)C4)no3)c(=O)c21.O=C(c1cccc(Cl)c1)C1CC(c2noc(CCl)n2)C1. The van der Waals surface area contributed by atoms with Gasteiger partial charge in [0, 0.05) is 58.9 Å². The molecule has 0 bridgehead atoms. The highest BCUT2D eigenvalue weighted by atomic mass is 35.5. The van der Waals surface area contributed by atoms with Crippen molar-refractivity contribution in [1.29, 1.82) is 0 Å². The molecule has 2 aromatic carbocycles. The van der Waals surface area contributed by atoms with Gasteiger partial charge in [-0.15, -0.1) is 11.6 Å². The Kier molecular flexibility index (Phi) is 12.0. The van der Waals surface area contributed by atoms with Gasteiger partial charge in [0.05, 0.1) is 19.0 Å². The van der Waals surface area contributed by atoms with Crippen molar-refractivity contribution in [3.8, 4) is 0 Å². The van der Waals surface area contributed by atoms with Crippen molar-refractivity contribution in [3.63, 3.8) is 0 Å². The maximum atomic E-state index is 12.6. The monoisotopic (exact) mass is 884 g/mol. The number of nitrogens with zero attached hydrogens (tertiary/aromatic N) is 11. The number of aromatic nitrogens is 12. The predicted octanol–water partition coefficient (Wildman–Crippen LogP) is 6.09. The van der Waals surface area contributed by atoms with Crippen LogP contribution in [0.2, 0.25) is 10.0 Å². The molecule has 0 spiro atoms. The molecule has 2 saturated carbocycles. The number of halogens is 3. The van der Waals surface area contributed by atoms with E-state index < -0.39 is 0 Å². The van der Waals surface area contributed by atoms with Crippen molar-refractivity contribution in [1.82, 2.24) is 58.9 Å². The van der Waals surface area contributed by atoms with Crippen molar-refractivity contribution in [2.45, 2.75) is 49.9 Å². The first-order valence-electron chi connectivity index (χ1n) is 19.0. The Bertz CT molecular complexity index is 2990. The largest absolute Gasteiger partial charge is 0.338 e. The van der Waals surface area contributed by atoms with Crippen LogP contribution in [-0.2, 0) is 26.5 Å². The van der Waals surface area contributed by atoms with Gasteiger partial charge >= 0.3 is 0 Å². The van der Waals surface area contributed by atoms with Gasteiger partial charge < -0.3 is 23.2 Å². The molecule has 2 fully saturated rings. The Hall–Kier alpha value is -6.37. The van der Waals surface area contributed by atoms with E-state index >= 15 is 0 Å². The first-order valence-corrected chi connectivity index (χ1v) is 20.3. The van der Waals surface area contributed by atoms with E-state index in [1.165, 1.54) is 17.2 Å². The van der Waals surface area contributed by atoms with Gasteiger partial charge in [0.15, 0.2) is 45.5 Å². The van der Waals surface area contributed by atoms with Crippen molar-refractivity contribution >= 4 is 68.7 Å². The fraction of sp³-hybridized carbons (Fsp3) is 0.300. The summed E-state index contributed by atoms with van der Waals surface area (Å²) in [4.78, 5) is 75.7. The van der Waals surface area contributed by atoms with E-state index in [2.05, 4.69) is 45.2 Å². The lowest BCUT2D eigenvalue weighted by Gasteiger charge is -2.31. The highest BCUT2D eigenvalue weighted by Crippen LogP contribution is 2.43. The molecule has 10 rings (SSSR count). The lowest BCUT2D eigenvalue weighted by atomic mass is 9.71. The molecule has 0 unspecified atom stereocenters. The predicted molar refractivity (Wildman–Crippen MR) is 222 cm³/mol. The molecule has 0 radical (unpaired) electrons. The number of alkyl halides is 1. The minimum absolute atomic E-state index is 0.0106. The summed E-state index contributed by atoms with van der Waals surface area (Å²) in [6.45, 7) is 0.123. The Morgan fingerprint density at radius 3 is 1.75 bits per heavy atom. The van der Waals surface area contributed by atoms with Crippen molar-refractivity contribution < 1.29 is 18.6 Å². The number of nitrogens with one attached hydrogen (secondary N) is 1. The first kappa shape index (κ1) is 41.4. The molecule has 8 aromatic rings. The fourth-order valence-electron chi connectivity index (χ4n) is 7.15. The molecular weight excluding hydrogens is 851 g/mol. The third kappa shape index (κ3) is 8.92. The molecular formula is C40H35Cl3N12O6. The fourth-order valence-corrected chi connectivity index (χ4v) is 7.64. The van der Waals surface area contributed by atoms with E-state index in [1.807, 2.05) is 0 Å². The second kappa shape index (κ2) is 17.7. The number of imidazole rings is 2. The highest BCUT2D eigenvalue weighted by Gasteiger charge is 2.39. The molecule has 21 heteroatoms. The molecule has 0 atom stereocenters. The zero-order valence-corrected chi connectivity index (χ0v) is 34.8. The number of ketones is 2. The number of hydrogen-bond donors (Lipinski definition) is 1. The number of fused-ring (bicyclic) bond motifs is 2. The average Bonchev–Trinajstić information content (AvgIpc) is 4.04. The van der Waals surface area contributed by atoms with Crippen LogP contribution in [0.15, 0.2) is 92.5 Å². The number of hydrogen-bond acceptors (Lipinski definition) is 14. The standard InChI is InChI=1S/C20H17ClN6O3.C14H12Cl2N2O2.C6H6N4O/c1-26-9-22-19-16(26)20(29)27(10-23-19)8-15-24-18(25-30-15)13-5-12(6-13)17(28)11-3-2-4-14(21)7-11;15-7-12-17-14(18-20-12)10-4-9(5-10)13(19)8-2-1-3-11(16)6-8;1-10-3-9-5-4(10)6(11)8-2-7-5/h2-4,7,9-10,12-13H,5-6,8H2,1H3;1-3,6,9-10H,4-5,7H2;2-3H,1H3,(H,7,8,11). The van der Waals surface area contributed by atoms with Gasteiger partial charge in [-0.25, -0.2) is 19.9 Å². The molecule has 2 aliphatic rings. The summed E-state index contributed by atoms with van der Waals surface area (Å²) in [6, 6.07) is 14.0. The summed E-state index contributed by atoms with van der Waals surface area (Å²) in [7, 11) is 3.50. The van der Waals surface area contributed by atoms with E-state index in [0.29, 0.717) is 79.8 Å². The van der Waals surface area contributed by atoms with E-state index in [-0.39, 0.29) is 58.8 Å². The van der Waals surface area contributed by atoms with Gasteiger partial charge in [0.1, 0.15) is 18.8 Å². The van der Waals surface area contributed by atoms with Crippen molar-refractivity contribution in [3.05, 3.63) is 139 Å². The number of carbonyl (C=O) groups is 2. The molecule has 61 heavy (non-hydrogen) atoms. The van der Waals surface area contributed by atoms with E-state index in [0.717, 1.165) is 12.8 Å². The van der Waals surface area contributed by atoms with Gasteiger partial charge in [0.25, 0.3) is 11.1 Å². The summed E-state index contributed by atoms with van der Waals surface area (Å²) in [5, 5.41) is 9.06. The quantitative estimate of drug-likeness (QED) is 0.128. The Morgan fingerprint density at radius 2 is 1.23 bits per heavy atom. The topological polar surface area (TPSA) is 228 Å². The smallest absolute Gasteiger partial charge is 0.280 e. The zero-order valence-electron chi connectivity index (χ0n) is 32.5. The maximum absolute atomic E-state index is 12.6. The van der Waals surface area contributed by atoms with E-state index in [9.17, 15) is 19.2 Å². The molecule has 0 aliphatic heterocycles. The van der Waals surface area contributed by atoms with Crippen molar-refractivity contribution in [2.24, 2.45) is 25.9 Å². The molecule has 1 N–H and O–H groups in total. The third-order valence-electron chi connectivity index (χ3n) is 10.6. The Labute approximate surface area is 359 Å². The lowest BCUT2D eigenvalue weighted by Crippen LogP contribution is -2.29. The van der Waals surface area contributed by atoms with Gasteiger partial charge in [-0.1, -0.05) is 57.8 Å². The van der Waals surface area contributed by atoms with Crippen LogP contribution in [0.25, 0.3) is 22.3 Å². The number of H-pyrrole nitrogens is 1. The van der Waals surface area contributed by atoms with Crippen LogP contribution in [0.4, 0.5) is 0 Å². The van der Waals surface area contributed by atoms with E-state index in [1.54, 1.807) is 84.4 Å². The van der Waals surface area contributed by atoms with Crippen LogP contribution < -0.4 is 11.1 Å². The molecule has 6 aromatic heterocycles. The molecule has 0 amide bonds. The van der Waals surface area contributed by atoms with Crippen LogP contribution in [0, 0.1) is 11.8 Å². The van der Waals surface area contributed by atoms with Gasteiger partial charge in [0.2, 0.25) is 11.8 Å². The summed E-state index contributed by atoms with van der Waals surface area (Å²) < 4.78 is 15.0. The second-order valence-corrected chi connectivity index (χ2v) is 15.8. The second-order valence-electron chi connectivity index (χ2n) is 14.7. The van der Waals surface area contributed by atoms with Gasteiger partial charge in [-0.3, -0.25) is 23.7 Å². The van der Waals surface area contributed by atoms with Crippen LogP contribution >= 0.6 is 34.8 Å². The number of Topliss-reactive ketones (excluding diaryl/α,β-unsaturated/α-hetero) is 2. The molecule has 18 nitrogen and oxygen atoms in total. The molecule has 2 aliphatic carbocycles. The number of carbonyl (C=O) groups excluding carboxylic acids is 2. The lowest BCUT2D eigenvalue weighted by molar-refractivity contribution is 0.0818. The maximum Gasteiger partial charge on any atom is 0.280 e. The highest BCUT2D eigenvalue weighted by molar-refractivity contribution is 6.31. The first-order chi connectivity index (χ1) is 29.4. The van der Waals surface area contributed by atoms with Crippen molar-refractivity contribution in [2.75, 3.05) is 0 Å². The van der Waals surface area contributed by atoms with Crippen LogP contribution in [0.1, 0.15) is 81.7 Å². The summed E-state index contributed by atoms with van der Waals surface area (Å²) >= 11 is 17.5. The van der Waals surface area contributed by atoms with Crippen LogP contribution in [0.3, 0.4) is 0 Å². The minimum Gasteiger partial charge on any atom is -0.338 e. The average molecular weight is 886 g/mol. The van der Waals surface area contributed by atoms with Gasteiger partial charge in [-0.05, 0) is 49.9 Å². The van der Waals surface area contributed by atoms with E-state index in [4.69, 9.17) is 43.8 Å². The Balaban J connectivity index is 0.000000142. The minimum atomic E-state index is -0.226. The number of aromatic amines is 1. The van der Waals surface area contributed by atoms with Gasteiger partial charge in [-0.2, -0.15) is 9.97 Å². The third-order valence-corrected chi connectivity index (χ3v) is 11.3. The number of rotatable bonds is 9.